The summed E-state index contributed by atoms with van der Waals surface area (Å²) in [6, 6.07) is 9.78. The van der Waals surface area contributed by atoms with Gasteiger partial charge in [0, 0.05) is 25.3 Å². The number of carbonyl (C=O) groups is 1. The van der Waals surface area contributed by atoms with Crippen molar-refractivity contribution in [2.75, 3.05) is 31.2 Å². The summed E-state index contributed by atoms with van der Waals surface area (Å²) in [5.41, 5.74) is 8.22. The molecule has 3 rings (SSSR count). The third-order valence-corrected chi connectivity index (χ3v) is 3.90. The Bertz CT molecular complexity index is 673. The average molecular weight is 388 g/mol. The fraction of sp³-hybridized carbons (Fsp3) is 0.353. The largest absolute Gasteiger partial charge is 0.467 e. The number of carbonyl (C=O) groups excluding carboxylic acids is 1. The van der Waals surface area contributed by atoms with Crippen LogP contribution in [0.1, 0.15) is 21.7 Å². The topological polar surface area (TPSA) is 80.7 Å². The van der Waals surface area contributed by atoms with Crippen molar-refractivity contribution in [1.82, 2.24) is 5.32 Å². The van der Waals surface area contributed by atoms with Crippen LogP contribution in [0.2, 0.25) is 0 Å². The number of ether oxygens (including phenoxy) is 1. The SMILES string of the molecule is Cl.Cl.NCc1cc(C(=O)NCc2ccccc2N2CCOCC2)co1. The molecule has 0 spiro atoms. The smallest absolute Gasteiger partial charge is 0.254 e. The van der Waals surface area contributed by atoms with Crippen molar-refractivity contribution in [3.05, 3.63) is 53.5 Å². The Morgan fingerprint density at radius 2 is 1.92 bits per heavy atom. The average Bonchev–Trinajstić information content (AvgIpc) is 3.10. The van der Waals surface area contributed by atoms with E-state index in [0.29, 0.717) is 17.9 Å². The van der Waals surface area contributed by atoms with Gasteiger partial charge in [0.15, 0.2) is 0 Å². The Labute approximate surface area is 159 Å². The summed E-state index contributed by atoms with van der Waals surface area (Å²) >= 11 is 0. The van der Waals surface area contributed by atoms with Gasteiger partial charge in [-0.1, -0.05) is 18.2 Å². The van der Waals surface area contributed by atoms with Gasteiger partial charge in [-0.15, -0.1) is 24.8 Å². The molecule has 1 aromatic heterocycles. The first-order valence-electron chi connectivity index (χ1n) is 7.74. The number of benzene rings is 1. The number of halogens is 2. The highest BCUT2D eigenvalue weighted by molar-refractivity contribution is 5.94. The molecule has 1 saturated heterocycles. The Balaban J connectivity index is 0.00000156. The molecule has 0 bridgehead atoms. The fourth-order valence-corrected chi connectivity index (χ4v) is 2.66. The van der Waals surface area contributed by atoms with Gasteiger partial charge in [-0.05, 0) is 17.7 Å². The summed E-state index contributed by atoms with van der Waals surface area (Å²) < 4.78 is 10.6. The number of nitrogens with zero attached hydrogens (tertiary/aromatic N) is 1. The Morgan fingerprint density at radius 3 is 2.60 bits per heavy atom. The third kappa shape index (κ3) is 5.37. The molecule has 6 nitrogen and oxygen atoms in total. The molecule has 25 heavy (non-hydrogen) atoms. The fourth-order valence-electron chi connectivity index (χ4n) is 2.66. The first kappa shape index (κ1) is 21.3. The summed E-state index contributed by atoms with van der Waals surface area (Å²) in [5, 5.41) is 2.93. The molecule has 0 atom stereocenters. The van der Waals surface area contributed by atoms with E-state index in [1.54, 1.807) is 6.07 Å². The molecule has 1 aliphatic heterocycles. The van der Waals surface area contributed by atoms with E-state index < -0.39 is 0 Å². The summed E-state index contributed by atoms with van der Waals surface area (Å²) in [5.74, 6) is 0.439. The van der Waals surface area contributed by atoms with Crippen LogP contribution in [-0.2, 0) is 17.8 Å². The lowest BCUT2D eigenvalue weighted by molar-refractivity contribution is 0.0950. The minimum absolute atomic E-state index is 0. The highest BCUT2D eigenvalue weighted by Crippen LogP contribution is 2.21. The van der Waals surface area contributed by atoms with Crippen molar-refractivity contribution in [3.8, 4) is 0 Å². The van der Waals surface area contributed by atoms with Crippen molar-refractivity contribution in [2.24, 2.45) is 5.73 Å². The van der Waals surface area contributed by atoms with Gasteiger partial charge < -0.3 is 25.1 Å². The summed E-state index contributed by atoms with van der Waals surface area (Å²) in [6.07, 6.45) is 1.44. The maximum atomic E-state index is 12.2. The molecule has 8 heteroatoms. The highest BCUT2D eigenvalue weighted by Gasteiger charge is 2.15. The zero-order valence-electron chi connectivity index (χ0n) is 13.8. The molecule has 0 saturated carbocycles. The van der Waals surface area contributed by atoms with E-state index in [1.807, 2.05) is 18.2 Å². The van der Waals surface area contributed by atoms with E-state index in [4.69, 9.17) is 14.9 Å². The van der Waals surface area contributed by atoms with E-state index in [-0.39, 0.29) is 37.3 Å². The standard InChI is InChI=1S/C17H21N3O3.2ClH/c18-10-15-9-14(12-23-15)17(21)19-11-13-3-1-2-4-16(13)20-5-7-22-8-6-20;;/h1-4,9,12H,5-8,10-11,18H2,(H,19,21);2*1H. The molecule has 1 aromatic carbocycles. The normalized spacial score (nSPS) is 13.6. The quantitative estimate of drug-likeness (QED) is 0.822. The van der Waals surface area contributed by atoms with Crippen LogP contribution in [0.3, 0.4) is 0 Å². The Hall–Kier alpha value is -1.73. The summed E-state index contributed by atoms with van der Waals surface area (Å²) in [4.78, 5) is 14.5. The predicted octanol–water partition coefficient (Wildman–Crippen LogP) is 2.35. The second kappa shape index (κ2) is 10.3. The maximum Gasteiger partial charge on any atom is 0.254 e. The molecule has 1 fully saturated rings. The van der Waals surface area contributed by atoms with Crippen LogP contribution in [0.15, 0.2) is 41.0 Å². The lowest BCUT2D eigenvalue weighted by Crippen LogP contribution is -2.37. The third-order valence-electron chi connectivity index (χ3n) is 3.90. The highest BCUT2D eigenvalue weighted by atomic mass is 35.5. The minimum atomic E-state index is -0.162. The van der Waals surface area contributed by atoms with Crippen molar-refractivity contribution in [2.45, 2.75) is 13.1 Å². The van der Waals surface area contributed by atoms with E-state index in [0.717, 1.165) is 37.6 Å². The first-order chi connectivity index (χ1) is 11.3. The molecule has 0 aliphatic carbocycles. The van der Waals surface area contributed by atoms with E-state index in [1.165, 1.54) is 6.26 Å². The van der Waals surface area contributed by atoms with Crippen molar-refractivity contribution in [3.63, 3.8) is 0 Å². The molecule has 0 radical (unpaired) electrons. The van der Waals surface area contributed by atoms with Crippen LogP contribution in [0.25, 0.3) is 0 Å². The number of rotatable bonds is 5. The molecular weight excluding hydrogens is 365 g/mol. The summed E-state index contributed by atoms with van der Waals surface area (Å²) in [6.45, 7) is 3.96. The van der Waals surface area contributed by atoms with E-state index in [9.17, 15) is 4.79 Å². The van der Waals surface area contributed by atoms with E-state index in [2.05, 4.69) is 16.3 Å². The maximum absolute atomic E-state index is 12.2. The van der Waals surface area contributed by atoms with Crippen LogP contribution >= 0.6 is 24.8 Å². The van der Waals surface area contributed by atoms with Crippen LogP contribution in [-0.4, -0.2) is 32.2 Å². The first-order valence-corrected chi connectivity index (χ1v) is 7.74. The minimum Gasteiger partial charge on any atom is -0.467 e. The molecule has 0 unspecified atom stereocenters. The number of nitrogens with one attached hydrogen (secondary N) is 1. The van der Waals surface area contributed by atoms with Gasteiger partial charge in [-0.2, -0.15) is 0 Å². The lowest BCUT2D eigenvalue weighted by atomic mass is 10.1. The van der Waals surface area contributed by atoms with Crippen molar-refractivity contribution >= 4 is 36.4 Å². The molecular formula is C17H23Cl2N3O3. The number of para-hydroxylation sites is 1. The number of hydrogen-bond acceptors (Lipinski definition) is 5. The van der Waals surface area contributed by atoms with Crippen molar-refractivity contribution in [1.29, 1.82) is 0 Å². The number of amides is 1. The van der Waals surface area contributed by atoms with Crippen LogP contribution < -0.4 is 16.0 Å². The molecule has 138 valence electrons. The number of morpholine rings is 1. The zero-order chi connectivity index (χ0) is 16.1. The van der Waals surface area contributed by atoms with Gasteiger partial charge in [0.25, 0.3) is 5.91 Å². The molecule has 1 amide bonds. The van der Waals surface area contributed by atoms with Gasteiger partial charge in [0.2, 0.25) is 0 Å². The van der Waals surface area contributed by atoms with Crippen molar-refractivity contribution < 1.29 is 13.9 Å². The van der Waals surface area contributed by atoms with Gasteiger partial charge in [-0.3, -0.25) is 4.79 Å². The molecule has 1 aliphatic rings. The lowest BCUT2D eigenvalue weighted by Gasteiger charge is -2.30. The second-order valence-corrected chi connectivity index (χ2v) is 5.42. The second-order valence-electron chi connectivity index (χ2n) is 5.42. The van der Waals surface area contributed by atoms with Crippen LogP contribution in [0.5, 0.6) is 0 Å². The van der Waals surface area contributed by atoms with Gasteiger partial charge in [-0.25, -0.2) is 0 Å². The Kier molecular flexibility index (Phi) is 8.78. The zero-order valence-corrected chi connectivity index (χ0v) is 15.4. The summed E-state index contributed by atoms with van der Waals surface area (Å²) in [7, 11) is 0. The van der Waals surface area contributed by atoms with E-state index >= 15 is 0 Å². The number of nitrogens with two attached hydrogens (primary N) is 1. The number of anilines is 1. The number of furan rings is 1. The monoisotopic (exact) mass is 387 g/mol. The van der Waals surface area contributed by atoms with Gasteiger partial charge in [0.05, 0.1) is 25.3 Å². The predicted molar refractivity (Wildman–Crippen MR) is 102 cm³/mol. The number of hydrogen-bond donors (Lipinski definition) is 2. The van der Waals surface area contributed by atoms with Crippen LogP contribution in [0, 0.1) is 0 Å². The molecule has 2 heterocycles. The van der Waals surface area contributed by atoms with Gasteiger partial charge >= 0.3 is 0 Å². The van der Waals surface area contributed by atoms with Gasteiger partial charge in [0.1, 0.15) is 12.0 Å². The molecule has 3 N–H and O–H groups in total. The van der Waals surface area contributed by atoms with Crippen LogP contribution in [0.4, 0.5) is 5.69 Å². The Morgan fingerprint density at radius 1 is 1.20 bits per heavy atom. The molecule has 2 aromatic rings.